The van der Waals surface area contributed by atoms with E-state index in [1.807, 2.05) is 12.1 Å². The Hall–Kier alpha value is -1.06. The smallest absolute Gasteiger partial charge is 0.0347 e. The van der Waals surface area contributed by atoms with Crippen LogP contribution in [0.1, 0.15) is 19.4 Å². The summed E-state index contributed by atoms with van der Waals surface area (Å²) in [6, 6.07) is 9.48. The van der Waals surface area contributed by atoms with Crippen LogP contribution in [0.5, 0.6) is 0 Å². The molecule has 100 valence electrons. The summed E-state index contributed by atoms with van der Waals surface area (Å²) < 4.78 is 0. The van der Waals surface area contributed by atoms with Crippen molar-refractivity contribution in [1.29, 1.82) is 0 Å². The number of hydrogen-bond donors (Lipinski definition) is 1. The highest BCUT2D eigenvalue weighted by Gasteiger charge is 2.25. The lowest BCUT2D eigenvalue weighted by molar-refractivity contribution is 0.0609. The average molecular weight is 247 g/mol. The van der Waals surface area contributed by atoms with Crippen molar-refractivity contribution in [3.8, 4) is 0 Å². The lowest BCUT2D eigenvalue weighted by atomic mass is 10.1. The summed E-state index contributed by atoms with van der Waals surface area (Å²) >= 11 is 0. The summed E-state index contributed by atoms with van der Waals surface area (Å²) in [7, 11) is 2.22. The van der Waals surface area contributed by atoms with E-state index in [0.717, 1.165) is 31.7 Å². The first-order valence-electron chi connectivity index (χ1n) is 6.85. The predicted octanol–water partition coefficient (Wildman–Crippen LogP) is 1.84. The second-order valence-corrected chi connectivity index (χ2v) is 5.57. The summed E-state index contributed by atoms with van der Waals surface area (Å²) in [5.41, 5.74) is 8.18. The number of hydrogen-bond acceptors (Lipinski definition) is 3. The molecule has 2 rings (SSSR count). The molecular weight excluding hydrogens is 222 g/mol. The van der Waals surface area contributed by atoms with Gasteiger partial charge in [0.05, 0.1) is 0 Å². The Bertz CT molecular complexity index is 379. The number of nitrogen functional groups attached to an aromatic ring is 1. The Labute approximate surface area is 111 Å². The van der Waals surface area contributed by atoms with Gasteiger partial charge in [0.25, 0.3) is 0 Å². The SMILES string of the molecule is CC1CN(CCc2ccccc2N)CC(C)N1C. The lowest BCUT2D eigenvalue weighted by Gasteiger charge is -2.42. The van der Waals surface area contributed by atoms with E-state index in [-0.39, 0.29) is 0 Å². The van der Waals surface area contributed by atoms with Crippen LogP contribution in [0.15, 0.2) is 24.3 Å². The fourth-order valence-corrected chi connectivity index (χ4v) is 2.74. The molecule has 1 aromatic rings. The highest BCUT2D eigenvalue weighted by molar-refractivity contribution is 5.46. The molecule has 2 unspecified atom stereocenters. The van der Waals surface area contributed by atoms with Gasteiger partial charge in [-0.25, -0.2) is 0 Å². The van der Waals surface area contributed by atoms with Gasteiger partial charge in [0, 0.05) is 37.4 Å². The second kappa shape index (κ2) is 5.72. The monoisotopic (exact) mass is 247 g/mol. The summed E-state index contributed by atoms with van der Waals surface area (Å²) in [5, 5.41) is 0. The maximum absolute atomic E-state index is 5.99. The minimum atomic E-state index is 0.641. The van der Waals surface area contributed by atoms with Crippen molar-refractivity contribution in [3.05, 3.63) is 29.8 Å². The van der Waals surface area contributed by atoms with E-state index in [1.165, 1.54) is 5.56 Å². The Morgan fingerprint density at radius 3 is 2.39 bits per heavy atom. The molecule has 3 heteroatoms. The molecule has 0 saturated carbocycles. The van der Waals surface area contributed by atoms with Crippen molar-refractivity contribution in [3.63, 3.8) is 0 Å². The van der Waals surface area contributed by atoms with Gasteiger partial charge in [0.2, 0.25) is 0 Å². The molecule has 1 aliphatic rings. The number of nitrogens with zero attached hydrogens (tertiary/aromatic N) is 2. The van der Waals surface area contributed by atoms with E-state index in [1.54, 1.807) is 0 Å². The van der Waals surface area contributed by atoms with Gasteiger partial charge in [0.15, 0.2) is 0 Å². The molecule has 2 atom stereocenters. The van der Waals surface area contributed by atoms with Crippen molar-refractivity contribution in [1.82, 2.24) is 9.80 Å². The first-order valence-corrected chi connectivity index (χ1v) is 6.85. The van der Waals surface area contributed by atoms with Gasteiger partial charge in [-0.05, 0) is 38.9 Å². The van der Waals surface area contributed by atoms with E-state index >= 15 is 0 Å². The third-order valence-electron chi connectivity index (χ3n) is 4.19. The molecule has 3 nitrogen and oxygen atoms in total. The van der Waals surface area contributed by atoms with Crippen molar-refractivity contribution >= 4 is 5.69 Å². The number of nitrogens with two attached hydrogens (primary N) is 1. The van der Waals surface area contributed by atoms with E-state index in [9.17, 15) is 0 Å². The van der Waals surface area contributed by atoms with Crippen LogP contribution in [0.25, 0.3) is 0 Å². The van der Waals surface area contributed by atoms with Crippen molar-refractivity contribution in [2.75, 3.05) is 32.4 Å². The minimum absolute atomic E-state index is 0.641. The van der Waals surface area contributed by atoms with Crippen LogP contribution in [0, 0.1) is 0 Å². The van der Waals surface area contributed by atoms with Crippen LogP contribution in [-0.2, 0) is 6.42 Å². The Morgan fingerprint density at radius 1 is 1.17 bits per heavy atom. The number of anilines is 1. The molecule has 1 saturated heterocycles. The topological polar surface area (TPSA) is 32.5 Å². The van der Waals surface area contributed by atoms with Crippen LogP contribution in [-0.4, -0.2) is 48.6 Å². The van der Waals surface area contributed by atoms with Gasteiger partial charge >= 0.3 is 0 Å². The van der Waals surface area contributed by atoms with E-state index in [0.29, 0.717) is 12.1 Å². The first kappa shape index (κ1) is 13.4. The highest BCUT2D eigenvalue weighted by atomic mass is 15.3. The van der Waals surface area contributed by atoms with Crippen LogP contribution < -0.4 is 5.73 Å². The number of benzene rings is 1. The molecule has 1 heterocycles. The van der Waals surface area contributed by atoms with Crippen LogP contribution in [0.2, 0.25) is 0 Å². The Kier molecular flexibility index (Phi) is 4.25. The third kappa shape index (κ3) is 3.03. The first-order chi connectivity index (χ1) is 8.58. The Morgan fingerprint density at radius 2 is 1.78 bits per heavy atom. The van der Waals surface area contributed by atoms with Gasteiger partial charge in [-0.3, -0.25) is 9.80 Å². The fraction of sp³-hybridized carbons (Fsp3) is 0.600. The third-order valence-corrected chi connectivity index (χ3v) is 4.19. The number of rotatable bonds is 3. The zero-order valence-corrected chi connectivity index (χ0v) is 11.8. The molecule has 1 aromatic carbocycles. The zero-order valence-electron chi connectivity index (χ0n) is 11.8. The molecule has 18 heavy (non-hydrogen) atoms. The maximum Gasteiger partial charge on any atom is 0.0347 e. The normalized spacial score (nSPS) is 26.4. The van der Waals surface area contributed by atoms with Crippen molar-refractivity contribution < 1.29 is 0 Å². The standard InChI is InChI=1S/C15H25N3/c1-12-10-18(11-13(2)17(12)3)9-8-14-6-4-5-7-15(14)16/h4-7,12-13H,8-11,16H2,1-3H3. The predicted molar refractivity (Wildman–Crippen MR) is 77.7 cm³/mol. The van der Waals surface area contributed by atoms with E-state index in [2.05, 4.69) is 42.8 Å². The molecule has 1 aliphatic heterocycles. The molecular formula is C15H25N3. The average Bonchev–Trinajstić information content (AvgIpc) is 2.35. The molecule has 0 amide bonds. The van der Waals surface area contributed by atoms with Gasteiger partial charge in [-0.15, -0.1) is 0 Å². The van der Waals surface area contributed by atoms with Crippen LogP contribution >= 0.6 is 0 Å². The quantitative estimate of drug-likeness (QED) is 0.827. The van der Waals surface area contributed by atoms with E-state index < -0.39 is 0 Å². The van der Waals surface area contributed by atoms with Gasteiger partial charge in [-0.2, -0.15) is 0 Å². The number of likely N-dealkylation sites (N-methyl/N-ethyl adjacent to an activating group) is 1. The van der Waals surface area contributed by atoms with Crippen molar-refractivity contribution in [2.45, 2.75) is 32.4 Å². The zero-order chi connectivity index (χ0) is 13.1. The maximum atomic E-state index is 5.99. The summed E-state index contributed by atoms with van der Waals surface area (Å²) in [6.07, 6.45) is 1.05. The number of para-hydroxylation sites is 1. The minimum Gasteiger partial charge on any atom is -0.399 e. The summed E-state index contributed by atoms with van der Waals surface area (Å²) in [5.74, 6) is 0. The van der Waals surface area contributed by atoms with Crippen LogP contribution in [0.4, 0.5) is 5.69 Å². The molecule has 0 aliphatic carbocycles. The largest absolute Gasteiger partial charge is 0.399 e. The molecule has 0 bridgehead atoms. The van der Waals surface area contributed by atoms with Gasteiger partial charge < -0.3 is 5.73 Å². The van der Waals surface area contributed by atoms with Crippen molar-refractivity contribution in [2.24, 2.45) is 0 Å². The summed E-state index contributed by atoms with van der Waals surface area (Å²) in [6.45, 7) is 8.04. The summed E-state index contributed by atoms with van der Waals surface area (Å²) in [4.78, 5) is 5.02. The molecule has 0 spiro atoms. The van der Waals surface area contributed by atoms with Gasteiger partial charge in [0.1, 0.15) is 0 Å². The second-order valence-electron chi connectivity index (χ2n) is 5.57. The molecule has 0 radical (unpaired) electrons. The van der Waals surface area contributed by atoms with E-state index in [4.69, 9.17) is 5.73 Å². The van der Waals surface area contributed by atoms with Gasteiger partial charge in [-0.1, -0.05) is 18.2 Å². The molecule has 2 N–H and O–H groups in total. The molecule has 1 fully saturated rings. The van der Waals surface area contributed by atoms with Crippen LogP contribution in [0.3, 0.4) is 0 Å². The Balaban J connectivity index is 1.89. The highest BCUT2D eigenvalue weighted by Crippen LogP contribution is 2.16. The lowest BCUT2D eigenvalue weighted by Crippen LogP contribution is -2.55. The number of piperazine rings is 1. The fourth-order valence-electron chi connectivity index (χ4n) is 2.74. The molecule has 0 aromatic heterocycles.